The zero-order valence-electron chi connectivity index (χ0n) is 21.0. The average Bonchev–Trinajstić information content (AvgIpc) is 3.58. The van der Waals surface area contributed by atoms with Crippen LogP contribution < -0.4 is 9.64 Å². The van der Waals surface area contributed by atoms with Crippen molar-refractivity contribution in [1.29, 1.82) is 0 Å². The predicted molar refractivity (Wildman–Crippen MR) is 136 cm³/mol. The van der Waals surface area contributed by atoms with Gasteiger partial charge in [0.25, 0.3) is 5.91 Å². The van der Waals surface area contributed by atoms with Crippen LogP contribution in [0.2, 0.25) is 0 Å². The zero-order chi connectivity index (χ0) is 25.7. The Morgan fingerprint density at radius 1 is 1.08 bits per heavy atom. The van der Waals surface area contributed by atoms with Crippen LogP contribution >= 0.6 is 0 Å². The lowest BCUT2D eigenvalue weighted by atomic mass is 9.72. The molecule has 6 rings (SSSR count). The van der Waals surface area contributed by atoms with Crippen molar-refractivity contribution in [3.8, 4) is 5.75 Å². The van der Waals surface area contributed by atoms with Crippen LogP contribution in [0, 0.1) is 0 Å². The van der Waals surface area contributed by atoms with E-state index in [-0.39, 0.29) is 24.3 Å². The molecule has 4 heterocycles. The molecule has 1 saturated heterocycles. The number of amides is 3. The normalized spacial score (nSPS) is 23.4. The summed E-state index contributed by atoms with van der Waals surface area (Å²) in [7, 11) is 3.52. The van der Waals surface area contributed by atoms with Crippen molar-refractivity contribution in [2.45, 2.75) is 24.3 Å². The number of likely N-dealkylation sites (tertiary alicyclic amines) is 1. The van der Waals surface area contributed by atoms with Crippen LogP contribution in [-0.4, -0.2) is 70.6 Å². The van der Waals surface area contributed by atoms with Gasteiger partial charge >= 0.3 is 0 Å². The molecule has 1 aromatic heterocycles. The number of benzene rings is 2. The minimum atomic E-state index is -1.02. The molecule has 9 heteroatoms. The minimum absolute atomic E-state index is 0.0434. The molecule has 3 aliphatic rings. The second kappa shape index (κ2) is 8.76. The number of carbonyl (C=O) groups excluding carboxylic acids is 3. The molecular weight excluding hydrogens is 470 g/mol. The topological polar surface area (TPSA) is 88.0 Å². The number of ether oxygens (including phenoxy) is 1. The molecule has 0 unspecified atom stereocenters. The zero-order valence-corrected chi connectivity index (χ0v) is 21.0. The molecule has 3 amide bonds. The summed E-state index contributed by atoms with van der Waals surface area (Å²) in [6.45, 7) is 1.34. The van der Waals surface area contributed by atoms with E-state index in [9.17, 15) is 14.4 Å². The first-order valence-corrected chi connectivity index (χ1v) is 12.6. The van der Waals surface area contributed by atoms with E-state index in [1.807, 2.05) is 48.5 Å². The SMILES string of the molecule is CN1CCCOc2cccc(c2)[C@@H]2N(C(=O)c3cnn(C)c3)CC[C@]23C(=O)N(CC1=O)c1ccccc13. The van der Waals surface area contributed by atoms with E-state index in [4.69, 9.17) is 4.74 Å². The molecule has 37 heavy (non-hydrogen) atoms. The van der Waals surface area contributed by atoms with Crippen LogP contribution in [0.1, 0.15) is 40.4 Å². The lowest BCUT2D eigenvalue weighted by molar-refractivity contribution is -0.131. The van der Waals surface area contributed by atoms with Gasteiger partial charge in [0.2, 0.25) is 11.8 Å². The molecule has 0 saturated carbocycles. The molecule has 1 spiro atoms. The first-order valence-electron chi connectivity index (χ1n) is 12.6. The highest BCUT2D eigenvalue weighted by Gasteiger charge is 2.62. The number of carbonyl (C=O) groups is 3. The lowest BCUT2D eigenvalue weighted by Crippen LogP contribution is -2.48. The van der Waals surface area contributed by atoms with Gasteiger partial charge in [-0.25, -0.2) is 0 Å². The predicted octanol–water partition coefficient (Wildman–Crippen LogP) is 2.53. The van der Waals surface area contributed by atoms with E-state index in [1.165, 1.54) is 0 Å². The van der Waals surface area contributed by atoms with Crippen molar-refractivity contribution in [2.24, 2.45) is 7.05 Å². The van der Waals surface area contributed by atoms with Gasteiger partial charge in [0, 0.05) is 39.1 Å². The third-order valence-electron chi connectivity index (χ3n) is 7.84. The van der Waals surface area contributed by atoms with Crippen molar-refractivity contribution in [2.75, 3.05) is 38.2 Å². The van der Waals surface area contributed by atoms with Crippen molar-refractivity contribution < 1.29 is 19.1 Å². The molecular formula is C28H29N5O4. The first kappa shape index (κ1) is 23.3. The van der Waals surface area contributed by atoms with E-state index >= 15 is 0 Å². The van der Waals surface area contributed by atoms with Crippen LogP contribution in [0.3, 0.4) is 0 Å². The maximum Gasteiger partial charge on any atom is 0.257 e. The van der Waals surface area contributed by atoms with Gasteiger partial charge in [0.1, 0.15) is 17.7 Å². The Balaban J connectivity index is 1.55. The van der Waals surface area contributed by atoms with Crippen molar-refractivity contribution in [1.82, 2.24) is 19.6 Å². The van der Waals surface area contributed by atoms with Crippen LogP contribution in [-0.2, 0) is 22.1 Å². The molecule has 1 fully saturated rings. The van der Waals surface area contributed by atoms with E-state index < -0.39 is 11.5 Å². The van der Waals surface area contributed by atoms with Crippen molar-refractivity contribution in [3.63, 3.8) is 0 Å². The van der Waals surface area contributed by atoms with Gasteiger partial charge in [0.05, 0.1) is 24.4 Å². The fraction of sp³-hybridized carbons (Fsp3) is 0.357. The Morgan fingerprint density at radius 2 is 1.92 bits per heavy atom. The Morgan fingerprint density at radius 3 is 2.73 bits per heavy atom. The maximum absolute atomic E-state index is 14.5. The number of hydrogen-bond donors (Lipinski definition) is 0. The smallest absolute Gasteiger partial charge is 0.257 e. The Labute approximate surface area is 215 Å². The monoisotopic (exact) mass is 499 g/mol. The Hall–Kier alpha value is -4.14. The number of fused-ring (bicyclic) bond motifs is 6. The molecule has 190 valence electrons. The van der Waals surface area contributed by atoms with Gasteiger partial charge in [-0.05, 0) is 42.2 Å². The standard InChI is InChI=1S/C28H29N5O4/c1-30-12-6-14-37-21-8-5-7-19(15-21)25-28(11-13-32(25)26(35)20-16-29-31(2)17-20)22-9-3-4-10-23(22)33(27(28)36)18-24(30)34/h3-5,7-10,15-17,25H,6,11-14,18H2,1-2H3/t25-,28+/m0/s1. The summed E-state index contributed by atoms with van der Waals surface area (Å²) < 4.78 is 7.63. The second-order valence-electron chi connectivity index (χ2n) is 10.0. The molecule has 0 N–H and O–H groups in total. The van der Waals surface area contributed by atoms with E-state index in [2.05, 4.69) is 5.10 Å². The first-order chi connectivity index (χ1) is 17.9. The summed E-state index contributed by atoms with van der Waals surface area (Å²) in [6, 6.07) is 14.8. The van der Waals surface area contributed by atoms with Crippen LogP contribution in [0.25, 0.3) is 0 Å². The number of anilines is 1. The number of aryl methyl sites for hydroxylation is 1. The lowest BCUT2D eigenvalue weighted by Gasteiger charge is -2.35. The largest absolute Gasteiger partial charge is 0.494 e. The highest BCUT2D eigenvalue weighted by Crippen LogP contribution is 2.57. The number of aromatic nitrogens is 2. The summed E-state index contributed by atoms with van der Waals surface area (Å²) in [6.07, 6.45) is 4.36. The molecule has 3 aliphatic heterocycles. The molecule has 2 atom stereocenters. The number of likely N-dealkylation sites (N-methyl/N-ethyl adjacent to an activating group) is 1. The number of para-hydroxylation sites is 1. The van der Waals surface area contributed by atoms with Gasteiger partial charge in [-0.3, -0.25) is 19.1 Å². The number of rotatable bonds is 1. The van der Waals surface area contributed by atoms with Crippen LogP contribution in [0.4, 0.5) is 5.69 Å². The minimum Gasteiger partial charge on any atom is -0.494 e. The van der Waals surface area contributed by atoms with E-state index in [0.29, 0.717) is 43.9 Å². The van der Waals surface area contributed by atoms with Gasteiger partial charge in [-0.1, -0.05) is 30.3 Å². The van der Waals surface area contributed by atoms with Crippen molar-refractivity contribution in [3.05, 3.63) is 77.6 Å². The summed E-state index contributed by atoms with van der Waals surface area (Å²) in [5.41, 5.74) is 1.87. The summed E-state index contributed by atoms with van der Waals surface area (Å²) in [5, 5.41) is 4.18. The average molecular weight is 500 g/mol. The molecule has 9 nitrogen and oxygen atoms in total. The highest BCUT2D eigenvalue weighted by molar-refractivity contribution is 6.12. The van der Waals surface area contributed by atoms with Crippen LogP contribution in [0.5, 0.6) is 5.75 Å². The number of nitrogens with zero attached hydrogens (tertiary/aromatic N) is 5. The quantitative estimate of drug-likeness (QED) is 0.514. The summed E-state index contributed by atoms with van der Waals surface area (Å²) in [5.74, 6) is 0.218. The summed E-state index contributed by atoms with van der Waals surface area (Å²) >= 11 is 0. The van der Waals surface area contributed by atoms with Gasteiger partial charge in [0.15, 0.2) is 0 Å². The molecule has 2 aromatic carbocycles. The highest BCUT2D eigenvalue weighted by atomic mass is 16.5. The van der Waals surface area contributed by atoms with Crippen molar-refractivity contribution >= 4 is 23.4 Å². The van der Waals surface area contributed by atoms with E-state index in [0.717, 1.165) is 16.8 Å². The molecule has 0 aliphatic carbocycles. The molecule has 3 aromatic rings. The second-order valence-corrected chi connectivity index (χ2v) is 10.0. The van der Waals surface area contributed by atoms with Gasteiger partial charge in [-0.2, -0.15) is 5.10 Å². The third kappa shape index (κ3) is 3.60. The maximum atomic E-state index is 14.5. The number of hydrogen-bond acceptors (Lipinski definition) is 5. The fourth-order valence-electron chi connectivity index (χ4n) is 6.07. The summed E-state index contributed by atoms with van der Waals surface area (Å²) in [4.78, 5) is 46.5. The Bertz CT molecular complexity index is 1400. The Kier molecular flexibility index (Phi) is 5.51. The van der Waals surface area contributed by atoms with Gasteiger partial charge < -0.3 is 19.4 Å². The van der Waals surface area contributed by atoms with E-state index in [1.54, 1.807) is 45.9 Å². The fourth-order valence-corrected chi connectivity index (χ4v) is 6.07. The molecule has 4 bridgehead atoms. The van der Waals surface area contributed by atoms with Crippen LogP contribution in [0.15, 0.2) is 60.9 Å². The van der Waals surface area contributed by atoms with Gasteiger partial charge in [-0.15, -0.1) is 0 Å². The third-order valence-corrected chi connectivity index (χ3v) is 7.84. The molecule has 0 radical (unpaired) electrons.